The number of hydrogen-bond acceptors (Lipinski definition) is 5. The van der Waals surface area contributed by atoms with Crippen LogP contribution in [0.3, 0.4) is 0 Å². The van der Waals surface area contributed by atoms with E-state index in [2.05, 4.69) is 9.89 Å². The summed E-state index contributed by atoms with van der Waals surface area (Å²) >= 11 is 0. The number of rotatable bonds is 4. The van der Waals surface area contributed by atoms with Crippen LogP contribution < -0.4 is 4.90 Å². The molecule has 1 aliphatic heterocycles. The van der Waals surface area contributed by atoms with Gasteiger partial charge in [-0.15, -0.1) is 0 Å². The summed E-state index contributed by atoms with van der Waals surface area (Å²) in [6.45, 7) is 3.31. The zero-order valence-electron chi connectivity index (χ0n) is 12.6. The van der Waals surface area contributed by atoms with Crippen molar-refractivity contribution in [3.05, 3.63) is 64.2 Å². The number of benzene rings is 2. The van der Waals surface area contributed by atoms with Crippen LogP contribution in [-0.2, 0) is 4.74 Å². The van der Waals surface area contributed by atoms with Crippen molar-refractivity contribution in [3.63, 3.8) is 0 Å². The minimum Gasteiger partial charge on any atom is -0.378 e. The first kappa shape index (κ1) is 15.2. The van der Waals surface area contributed by atoms with Gasteiger partial charge in [0.2, 0.25) is 0 Å². The molecule has 2 aromatic rings. The van der Waals surface area contributed by atoms with E-state index in [0.29, 0.717) is 5.56 Å². The number of hydrogen-bond donors (Lipinski definition) is 0. The quantitative estimate of drug-likeness (QED) is 0.494. The van der Waals surface area contributed by atoms with E-state index in [1.54, 1.807) is 18.3 Å². The Morgan fingerprint density at radius 2 is 1.87 bits per heavy atom. The number of anilines is 1. The van der Waals surface area contributed by atoms with Gasteiger partial charge in [0.05, 0.1) is 23.8 Å². The van der Waals surface area contributed by atoms with Gasteiger partial charge < -0.3 is 9.64 Å². The Kier molecular flexibility index (Phi) is 4.63. The van der Waals surface area contributed by atoms with E-state index in [0.717, 1.165) is 37.7 Å². The molecule has 0 unspecified atom stereocenters. The first-order chi connectivity index (χ1) is 11.2. The third-order valence-corrected chi connectivity index (χ3v) is 3.67. The summed E-state index contributed by atoms with van der Waals surface area (Å²) in [5, 5.41) is 10.8. The predicted octanol–water partition coefficient (Wildman–Crippen LogP) is 3.18. The molecule has 1 fully saturated rings. The van der Waals surface area contributed by atoms with Crippen molar-refractivity contribution in [2.75, 3.05) is 31.2 Å². The van der Waals surface area contributed by atoms with Crippen molar-refractivity contribution in [1.82, 2.24) is 0 Å². The molecule has 0 aliphatic carbocycles. The van der Waals surface area contributed by atoms with Gasteiger partial charge in [-0.05, 0) is 29.8 Å². The molecule has 1 aliphatic rings. The lowest BCUT2D eigenvalue weighted by Gasteiger charge is -2.28. The monoisotopic (exact) mass is 311 g/mol. The summed E-state index contributed by atoms with van der Waals surface area (Å²) in [5.41, 5.74) is 2.74. The van der Waals surface area contributed by atoms with Crippen LogP contribution in [0.25, 0.3) is 0 Å². The third-order valence-electron chi connectivity index (χ3n) is 3.67. The van der Waals surface area contributed by atoms with Gasteiger partial charge >= 0.3 is 0 Å². The molecular weight excluding hydrogens is 294 g/mol. The molecule has 1 saturated heterocycles. The van der Waals surface area contributed by atoms with Crippen molar-refractivity contribution in [3.8, 4) is 0 Å². The van der Waals surface area contributed by atoms with Gasteiger partial charge in [-0.2, -0.15) is 0 Å². The lowest BCUT2D eigenvalue weighted by Crippen LogP contribution is -2.36. The molecule has 3 rings (SSSR count). The summed E-state index contributed by atoms with van der Waals surface area (Å²) in [4.78, 5) is 17.0. The van der Waals surface area contributed by atoms with Crippen LogP contribution in [0.1, 0.15) is 5.56 Å². The lowest BCUT2D eigenvalue weighted by atomic mass is 10.2. The number of non-ortho nitro benzene ring substituents is 1. The minimum absolute atomic E-state index is 0.0663. The van der Waals surface area contributed by atoms with Crippen LogP contribution in [-0.4, -0.2) is 37.4 Å². The molecular formula is C17H17N3O3. The summed E-state index contributed by atoms with van der Waals surface area (Å²) in [7, 11) is 0. The Morgan fingerprint density at radius 1 is 1.13 bits per heavy atom. The van der Waals surface area contributed by atoms with Gasteiger partial charge in [0.1, 0.15) is 0 Å². The number of nitro groups is 1. The maximum Gasteiger partial charge on any atom is 0.270 e. The molecule has 0 radical (unpaired) electrons. The molecule has 0 N–H and O–H groups in total. The second-order valence-corrected chi connectivity index (χ2v) is 5.23. The fraction of sp³-hybridized carbons (Fsp3) is 0.235. The molecule has 0 bridgehead atoms. The fourth-order valence-electron chi connectivity index (χ4n) is 2.44. The van der Waals surface area contributed by atoms with E-state index in [1.807, 2.05) is 24.3 Å². The van der Waals surface area contributed by atoms with E-state index < -0.39 is 4.92 Å². The standard InChI is InChI=1S/C17H17N3O3/c21-20(22)17-3-1-2-14(12-17)13-18-15-4-6-16(7-5-15)19-8-10-23-11-9-19/h1-7,12-13H,8-11H2. The zero-order valence-corrected chi connectivity index (χ0v) is 12.6. The number of nitro benzene ring substituents is 1. The van der Waals surface area contributed by atoms with Crippen molar-refractivity contribution in [1.29, 1.82) is 0 Å². The second-order valence-electron chi connectivity index (χ2n) is 5.23. The summed E-state index contributed by atoms with van der Waals surface area (Å²) in [6.07, 6.45) is 1.64. The number of aliphatic imine (C=N–C) groups is 1. The molecule has 0 saturated carbocycles. The van der Waals surface area contributed by atoms with Gasteiger partial charge in [0.15, 0.2) is 0 Å². The topological polar surface area (TPSA) is 68.0 Å². The molecule has 6 nitrogen and oxygen atoms in total. The summed E-state index contributed by atoms with van der Waals surface area (Å²) in [5.74, 6) is 0. The second kappa shape index (κ2) is 7.02. The molecule has 0 amide bonds. The van der Waals surface area contributed by atoms with Gasteiger partial charge in [-0.25, -0.2) is 0 Å². The Morgan fingerprint density at radius 3 is 2.57 bits per heavy atom. The predicted molar refractivity (Wildman–Crippen MR) is 89.8 cm³/mol. The van der Waals surface area contributed by atoms with Crippen LogP contribution in [0.2, 0.25) is 0 Å². The van der Waals surface area contributed by atoms with Gasteiger partial charge in [-0.1, -0.05) is 12.1 Å². The van der Waals surface area contributed by atoms with Crippen molar-refractivity contribution in [2.24, 2.45) is 4.99 Å². The summed E-state index contributed by atoms with van der Waals surface area (Å²) in [6, 6.07) is 14.4. The van der Waals surface area contributed by atoms with Crippen LogP contribution >= 0.6 is 0 Å². The number of ether oxygens (including phenoxy) is 1. The van der Waals surface area contributed by atoms with Crippen LogP contribution in [0.4, 0.5) is 17.1 Å². The van der Waals surface area contributed by atoms with Crippen molar-refractivity contribution in [2.45, 2.75) is 0 Å². The maximum absolute atomic E-state index is 10.8. The van der Waals surface area contributed by atoms with Crippen LogP contribution in [0.5, 0.6) is 0 Å². The Balaban J connectivity index is 1.70. The highest BCUT2D eigenvalue weighted by molar-refractivity contribution is 5.83. The Labute approximate surface area is 134 Å². The van der Waals surface area contributed by atoms with Gasteiger partial charge in [-0.3, -0.25) is 15.1 Å². The van der Waals surface area contributed by atoms with Crippen LogP contribution in [0.15, 0.2) is 53.5 Å². The molecule has 23 heavy (non-hydrogen) atoms. The molecule has 1 heterocycles. The number of morpholine rings is 1. The Bertz CT molecular complexity index is 707. The molecule has 6 heteroatoms. The highest BCUT2D eigenvalue weighted by Crippen LogP contribution is 2.21. The first-order valence-electron chi connectivity index (χ1n) is 7.44. The molecule has 118 valence electrons. The van der Waals surface area contributed by atoms with E-state index in [4.69, 9.17) is 4.74 Å². The van der Waals surface area contributed by atoms with E-state index in [-0.39, 0.29) is 5.69 Å². The van der Waals surface area contributed by atoms with Crippen molar-refractivity contribution >= 4 is 23.3 Å². The maximum atomic E-state index is 10.8. The largest absolute Gasteiger partial charge is 0.378 e. The normalized spacial score (nSPS) is 15.0. The van der Waals surface area contributed by atoms with E-state index in [9.17, 15) is 10.1 Å². The lowest BCUT2D eigenvalue weighted by molar-refractivity contribution is -0.384. The highest BCUT2D eigenvalue weighted by atomic mass is 16.6. The third kappa shape index (κ3) is 3.92. The average Bonchev–Trinajstić information content (AvgIpc) is 2.61. The first-order valence-corrected chi connectivity index (χ1v) is 7.44. The summed E-state index contributed by atoms with van der Waals surface area (Å²) < 4.78 is 5.35. The van der Waals surface area contributed by atoms with Gasteiger partial charge in [0, 0.05) is 37.1 Å². The highest BCUT2D eigenvalue weighted by Gasteiger charge is 2.10. The van der Waals surface area contributed by atoms with Crippen LogP contribution in [0, 0.1) is 10.1 Å². The van der Waals surface area contributed by atoms with E-state index in [1.165, 1.54) is 12.1 Å². The van der Waals surface area contributed by atoms with Crippen molar-refractivity contribution < 1.29 is 9.66 Å². The minimum atomic E-state index is -0.408. The smallest absolute Gasteiger partial charge is 0.270 e. The molecule has 0 spiro atoms. The molecule has 2 aromatic carbocycles. The fourth-order valence-corrected chi connectivity index (χ4v) is 2.44. The Hall–Kier alpha value is -2.73. The average molecular weight is 311 g/mol. The SMILES string of the molecule is O=[N+]([O-])c1cccc(C=Nc2ccc(N3CCOCC3)cc2)c1. The molecule has 0 aromatic heterocycles. The molecule has 0 atom stereocenters. The van der Waals surface area contributed by atoms with Gasteiger partial charge in [0.25, 0.3) is 5.69 Å². The van der Waals surface area contributed by atoms with E-state index >= 15 is 0 Å². The zero-order chi connectivity index (χ0) is 16.1. The number of nitrogens with zero attached hydrogens (tertiary/aromatic N) is 3.